The van der Waals surface area contributed by atoms with Crippen molar-refractivity contribution in [1.29, 1.82) is 0 Å². The molecule has 2 aromatic carbocycles. The van der Waals surface area contributed by atoms with Crippen molar-refractivity contribution in [2.45, 2.75) is 25.8 Å². The molecule has 4 rings (SSSR count). The summed E-state index contributed by atoms with van der Waals surface area (Å²) in [6.45, 7) is 2.21. The zero-order valence-corrected chi connectivity index (χ0v) is 16.0. The first-order valence-corrected chi connectivity index (χ1v) is 9.93. The molecule has 0 radical (unpaired) electrons. The van der Waals surface area contributed by atoms with Gasteiger partial charge >= 0.3 is 6.03 Å². The third-order valence-electron chi connectivity index (χ3n) is 5.44. The second-order valence-electron chi connectivity index (χ2n) is 7.41. The van der Waals surface area contributed by atoms with Crippen molar-refractivity contribution in [1.82, 2.24) is 20.2 Å². The molecule has 0 bridgehead atoms. The Morgan fingerprint density at radius 3 is 2.46 bits per heavy atom. The van der Waals surface area contributed by atoms with Crippen LogP contribution < -0.4 is 5.32 Å². The Kier molecular flexibility index (Phi) is 5.71. The molecule has 0 aliphatic carbocycles. The van der Waals surface area contributed by atoms with E-state index in [1.54, 1.807) is 6.20 Å². The molecule has 5 heteroatoms. The van der Waals surface area contributed by atoms with E-state index in [0.717, 1.165) is 49.3 Å². The van der Waals surface area contributed by atoms with Gasteiger partial charge in [-0.2, -0.15) is 0 Å². The van der Waals surface area contributed by atoms with Gasteiger partial charge in [-0.15, -0.1) is 0 Å². The molecular formula is C23H26N4O. The van der Waals surface area contributed by atoms with Gasteiger partial charge in [0.05, 0.1) is 0 Å². The molecule has 2 amide bonds. The summed E-state index contributed by atoms with van der Waals surface area (Å²) in [7, 11) is 0. The number of rotatable bonds is 5. The minimum atomic E-state index is 0.0354. The topological polar surface area (TPSA) is 61.0 Å². The summed E-state index contributed by atoms with van der Waals surface area (Å²) in [6, 6.07) is 18.8. The third kappa shape index (κ3) is 4.60. The maximum Gasteiger partial charge on any atom is 0.317 e. The first-order chi connectivity index (χ1) is 13.8. The number of amides is 2. The van der Waals surface area contributed by atoms with Gasteiger partial charge in [0.15, 0.2) is 0 Å². The van der Waals surface area contributed by atoms with E-state index in [0.29, 0.717) is 12.5 Å². The van der Waals surface area contributed by atoms with Crippen LogP contribution in [-0.2, 0) is 13.0 Å². The summed E-state index contributed by atoms with van der Waals surface area (Å²) in [5.74, 6) is 1.52. The molecule has 1 saturated heterocycles. The van der Waals surface area contributed by atoms with Crippen LogP contribution in [-0.4, -0.2) is 34.0 Å². The second kappa shape index (κ2) is 8.74. The van der Waals surface area contributed by atoms with E-state index in [1.807, 2.05) is 35.4 Å². The molecule has 144 valence electrons. The Hall–Kier alpha value is -3.08. The average molecular weight is 374 g/mol. The summed E-state index contributed by atoms with van der Waals surface area (Å²) >= 11 is 0. The summed E-state index contributed by atoms with van der Waals surface area (Å²) in [4.78, 5) is 21.8. The molecule has 5 nitrogen and oxygen atoms in total. The van der Waals surface area contributed by atoms with Gasteiger partial charge in [-0.1, -0.05) is 54.6 Å². The third-order valence-corrected chi connectivity index (χ3v) is 5.44. The van der Waals surface area contributed by atoms with Crippen molar-refractivity contribution >= 4 is 6.03 Å². The SMILES string of the molecule is O=C(NCc1ccc(-c2ncc[nH]2)cc1)N1CCC(Cc2ccccc2)CC1. The average Bonchev–Trinajstić information content (AvgIpc) is 3.29. The van der Waals surface area contributed by atoms with E-state index in [2.05, 4.69) is 45.6 Å². The molecule has 28 heavy (non-hydrogen) atoms. The number of carbonyl (C=O) groups excluding carboxylic acids is 1. The van der Waals surface area contributed by atoms with Crippen molar-refractivity contribution in [2.24, 2.45) is 5.92 Å². The molecule has 1 fully saturated rings. The van der Waals surface area contributed by atoms with E-state index >= 15 is 0 Å². The molecule has 3 aromatic rings. The standard InChI is InChI=1S/C23H26N4O/c28-23(26-17-20-6-8-21(9-7-20)22-24-12-13-25-22)27-14-10-19(11-15-27)16-18-4-2-1-3-5-18/h1-9,12-13,19H,10-11,14-17H2,(H,24,25)(H,26,28). The highest BCUT2D eigenvalue weighted by molar-refractivity contribution is 5.74. The lowest BCUT2D eigenvalue weighted by molar-refractivity contribution is 0.170. The Morgan fingerprint density at radius 1 is 1.04 bits per heavy atom. The number of benzene rings is 2. The van der Waals surface area contributed by atoms with E-state index in [4.69, 9.17) is 0 Å². The first-order valence-electron chi connectivity index (χ1n) is 9.93. The molecule has 2 heterocycles. The highest BCUT2D eigenvalue weighted by Gasteiger charge is 2.22. The Morgan fingerprint density at radius 2 is 1.79 bits per heavy atom. The molecule has 2 N–H and O–H groups in total. The van der Waals surface area contributed by atoms with Gasteiger partial charge in [-0.25, -0.2) is 9.78 Å². The second-order valence-corrected chi connectivity index (χ2v) is 7.41. The number of piperidine rings is 1. The number of urea groups is 1. The quantitative estimate of drug-likeness (QED) is 0.702. The van der Waals surface area contributed by atoms with Crippen LogP contribution in [0, 0.1) is 5.92 Å². The number of hydrogen-bond acceptors (Lipinski definition) is 2. The van der Waals surface area contributed by atoms with Crippen LogP contribution in [0.2, 0.25) is 0 Å². The van der Waals surface area contributed by atoms with Gasteiger partial charge in [0.25, 0.3) is 0 Å². The fourth-order valence-electron chi connectivity index (χ4n) is 3.78. The van der Waals surface area contributed by atoms with E-state index in [-0.39, 0.29) is 6.03 Å². The summed E-state index contributed by atoms with van der Waals surface area (Å²) in [5, 5.41) is 3.05. The van der Waals surface area contributed by atoms with Crippen LogP contribution in [0.3, 0.4) is 0 Å². The first kappa shape index (κ1) is 18.3. The van der Waals surface area contributed by atoms with Crippen LogP contribution >= 0.6 is 0 Å². The zero-order valence-electron chi connectivity index (χ0n) is 16.0. The number of aromatic amines is 1. The van der Waals surface area contributed by atoms with Crippen molar-refractivity contribution in [3.63, 3.8) is 0 Å². The van der Waals surface area contributed by atoms with Crippen LogP contribution in [0.5, 0.6) is 0 Å². The number of H-pyrrole nitrogens is 1. The highest BCUT2D eigenvalue weighted by atomic mass is 16.2. The van der Waals surface area contributed by atoms with Gasteiger partial charge in [0.1, 0.15) is 5.82 Å². The van der Waals surface area contributed by atoms with Gasteiger partial charge in [-0.05, 0) is 36.3 Å². The Bertz CT molecular complexity index is 867. The normalized spacial score (nSPS) is 14.8. The minimum absolute atomic E-state index is 0.0354. The summed E-state index contributed by atoms with van der Waals surface area (Å²) in [5.41, 5.74) is 3.52. The molecule has 1 aliphatic heterocycles. The highest BCUT2D eigenvalue weighted by Crippen LogP contribution is 2.22. The zero-order chi connectivity index (χ0) is 19.2. The van der Waals surface area contributed by atoms with Crippen molar-refractivity contribution in [3.8, 4) is 11.4 Å². The number of aromatic nitrogens is 2. The van der Waals surface area contributed by atoms with Crippen molar-refractivity contribution < 1.29 is 4.79 Å². The smallest absolute Gasteiger partial charge is 0.317 e. The maximum atomic E-state index is 12.5. The fraction of sp³-hybridized carbons (Fsp3) is 0.304. The lowest BCUT2D eigenvalue weighted by Crippen LogP contribution is -2.44. The number of likely N-dealkylation sites (tertiary alicyclic amines) is 1. The predicted molar refractivity (Wildman–Crippen MR) is 111 cm³/mol. The predicted octanol–water partition coefficient (Wildman–Crippen LogP) is 4.24. The Balaban J connectivity index is 1.22. The number of hydrogen-bond donors (Lipinski definition) is 2. The van der Waals surface area contributed by atoms with Crippen LogP contribution in [0.15, 0.2) is 67.0 Å². The molecule has 0 saturated carbocycles. The molecule has 0 spiro atoms. The van der Waals surface area contributed by atoms with E-state index in [1.165, 1.54) is 5.56 Å². The number of nitrogens with zero attached hydrogens (tertiary/aromatic N) is 2. The van der Waals surface area contributed by atoms with Gasteiger partial charge in [0, 0.05) is 37.6 Å². The fourth-order valence-corrected chi connectivity index (χ4v) is 3.78. The molecular weight excluding hydrogens is 348 g/mol. The van der Waals surface area contributed by atoms with Crippen LogP contribution in [0.4, 0.5) is 4.79 Å². The monoisotopic (exact) mass is 374 g/mol. The molecule has 1 aliphatic rings. The molecule has 1 aromatic heterocycles. The number of imidazole rings is 1. The van der Waals surface area contributed by atoms with Crippen LogP contribution in [0.25, 0.3) is 11.4 Å². The van der Waals surface area contributed by atoms with E-state index < -0.39 is 0 Å². The minimum Gasteiger partial charge on any atom is -0.345 e. The lowest BCUT2D eigenvalue weighted by Gasteiger charge is -2.32. The van der Waals surface area contributed by atoms with E-state index in [9.17, 15) is 4.79 Å². The Labute approximate surface area is 165 Å². The number of carbonyl (C=O) groups is 1. The van der Waals surface area contributed by atoms with Crippen molar-refractivity contribution in [2.75, 3.05) is 13.1 Å². The number of nitrogens with one attached hydrogen (secondary N) is 2. The van der Waals surface area contributed by atoms with Gasteiger partial charge in [0.2, 0.25) is 0 Å². The summed E-state index contributed by atoms with van der Waals surface area (Å²) < 4.78 is 0. The lowest BCUT2D eigenvalue weighted by atomic mass is 9.90. The molecule has 0 atom stereocenters. The largest absolute Gasteiger partial charge is 0.345 e. The van der Waals surface area contributed by atoms with Gasteiger partial charge in [-0.3, -0.25) is 0 Å². The molecule has 0 unspecified atom stereocenters. The van der Waals surface area contributed by atoms with Gasteiger partial charge < -0.3 is 15.2 Å². The summed E-state index contributed by atoms with van der Waals surface area (Å²) in [6.07, 6.45) is 6.80. The maximum absolute atomic E-state index is 12.5. The van der Waals surface area contributed by atoms with Crippen molar-refractivity contribution in [3.05, 3.63) is 78.1 Å². The van der Waals surface area contributed by atoms with Crippen LogP contribution in [0.1, 0.15) is 24.0 Å².